The Morgan fingerprint density at radius 3 is 2.50 bits per heavy atom. The summed E-state index contributed by atoms with van der Waals surface area (Å²) < 4.78 is 23.1. The van der Waals surface area contributed by atoms with Gasteiger partial charge in [0.25, 0.3) is 0 Å². The average molecular weight is 218 g/mol. The predicted molar refractivity (Wildman–Crippen MR) is 53.1 cm³/mol. The van der Waals surface area contributed by atoms with Crippen LogP contribution in [0.2, 0.25) is 0 Å². The Hall–Kier alpha value is -0.880. The van der Waals surface area contributed by atoms with Crippen LogP contribution in [0, 0.1) is 0 Å². The third-order valence-corrected chi connectivity index (χ3v) is 4.51. The van der Waals surface area contributed by atoms with Crippen molar-refractivity contribution in [3.05, 3.63) is 11.8 Å². The van der Waals surface area contributed by atoms with Gasteiger partial charge in [-0.3, -0.25) is 10.1 Å². The number of rotatable bonds is 2. The molecule has 1 aliphatic rings. The molecule has 2 unspecified atom stereocenters. The van der Waals surface area contributed by atoms with E-state index in [0.29, 0.717) is 5.70 Å². The van der Waals surface area contributed by atoms with E-state index in [-0.39, 0.29) is 6.54 Å². The lowest BCUT2D eigenvalue weighted by Crippen LogP contribution is -2.29. The molecule has 80 valence electrons. The molecular formula is C8H14N2O3S. The van der Waals surface area contributed by atoms with Crippen LogP contribution in [0.5, 0.6) is 0 Å². The van der Waals surface area contributed by atoms with E-state index in [1.165, 1.54) is 13.0 Å². The van der Waals surface area contributed by atoms with E-state index in [4.69, 9.17) is 5.73 Å². The third kappa shape index (κ3) is 1.96. The number of hydrogen-bond acceptors (Lipinski definition) is 5. The van der Waals surface area contributed by atoms with Gasteiger partial charge in [0.1, 0.15) is 10.6 Å². The summed E-state index contributed by atoms with van der Waals surface area (Å²) in [6.07, 6.45) is 1.17. The average Bonchev–Trinajstić information content (AvgIpc) is 2.26. The molecule has 0 aromatic rings. The fourth-order valence-electron chi connectivity index (χ4n) is 1.33. The number of allylic oxidation sites excluding steroid dienone is 2. The largest absolute Gasteiger partial charge is 0.402 e. The van der Waals surface area contributed by atoms with Gasteiger partial charge >= 0.3 is 0 Å². The minimum atomic E-state index is -3.37. The van der Waals surface area contributed by atoms with Gasteiger partial charge in [0.15, 0.2) is 15.6 Å². The van der Waals surface area contributed by atoms with Crippen molar-refractivity contribution in [2.75, 3.05) is 6.54 Å². The molecule has 6 heteroatoms. The summed E-state index contributed by atoms with van der Waals surface area (Å²) >= 11 is 0. The third-order valence-electron chi connectivity index (χ3n) is 2.17. The SMILES string of the molecule is CC(N)=CC(=O)C1CNC(C)S1(=O)=O. The molecule has 0 aromatic heterocycles. The van der Waals surface area contributed by atoms with Crippen LogP contribution in [0.25, 0.3) is 0 Å². The van der Waals surface area contributed by atoms with Crippen LogP contribution in [0.15, 0.2) is 11.8 Å². The number of sulfone groups is 1. The van der Waals surface area contributed by atoms with Crippen LogP contribution in [-0.4, -0.2) is 31.4 Å². The summed E-state index contributed by atoms with van der Waals surface area (Å²) in [6, 6.07) is 0. The first-order valence-corrected chi connectivity index (χ1v) is 5.90. The maximum Gasteiger partial charge on any atom is 0.177 e. The second-order valence-corrected chi connectivity index (χ2v) is 5.87. The molecule has 1 aliphatic heterocycles. The van der Waals surface area contributed by atoms with Crippen LogP contribution in [-0.2, 0) is 14.6 Å². The second kappa shape index (κ2) is 3.70. The number of nitrogens with one attached hydrogen (secondary N) is 1. The highest BCUT2D eigenvalue weighted by Crippen LogP contribution is 2.15. The van der Waals surface area contributed by atoms with Crippen LogP contribution in [0.3, 0.4) is 0 Å². The Morgan fingerprint density at radius 2 is 2.14 bits per heavy atom. The minimum Gasteiger partial charge on any atom is -0.402 e. The van der Waals surface area contributed by atoms with Crippen LogP contribution < -0.4 is 11.1 Å². The highest BCUT2D eigenvalue weighted by atomic mass is 32.2. The molecule has 0 radical (unpaired) electrons. The Balaban J connectivity index is 2.92. The normalized spacial score (nSPS) is 31.7. The van der Waals surface area contributed by atoms with Crippen LogP contribution in [0.4, 0.5) is 0 Å². The first-order chi connectivity index (χ1) is 6.35. The van der Waals surface area contributed by atoms with Gasteiger partial charge in [-0.15, -0.1) is 0 Å². The van der Waals surface area contributed by atoms with Gasteiger partial charge in [-0.05, 0) is 13.8 Å². The lowest BCUT2D eigenvalue weighted by atomic mass is 10.2. The van der Waals surface area contributed by atoms with E-state index in [1.807, 2.05) is 0 Å². The van der Waals surface area contributed by atoms with E-state index in [9.17, 15) is 13.2 Å². The van der Waals surface area contributed by atoms with Crippen molar-refractivity contribution in [2.24, 2.45) is 5.73 Å². The summed E-state index contributed by atoms with van der Waals surface area (Å²) in [4.78, 5) is 11.4. The van der Waals surface area contributed by atoms with Gasteiger partial charge in [0.05, 0.1) is 0 Å². The van der Waals surface area contributed by atoms with E-state index in [2.05, 4.69) is 5.32 Å². The number of nitrogens with two attached hydrogens (primary N) is 1. The summed E-state index contributed by atoms with van der Waals surface area (Å²) in [5, 5.41) is 1.11. The summed E-state index contributed by atoms with van der Waals surface area (Å²) in [5.41, 5.74) is 5.63. The van der Waals surface area contributed by atoms with Crippen LogP contribution in [0.1, 0.15) is 13.8 Å². The highest BCUT2D eigenvalue weighted by Gasteiger charge is 2.41. The standard InChI is InChI=1S/C8H14N2O3S/c1-5(9)3-7(11)8-4-10-6(2)14(8,12)13/h3,6,8,10H,4,9H2,1-2H3. The second-order valence-electron chi connectivity index (χ2n) is 3.42. The maximum absolute atomic E-state index is 11.6. The predicted octanol–water partition coefficient (Wildman–Crippen LogP) is -0.849. The monoisotopic (exact) mass is 218 g/mol. The first kappa shape index (κ1) is 11.2. The van der Waals surface area contributed by atoms with E-state index < -0.39 is 26.2 Å². The molecule has 0 saturated carbocycles. The molecule has 0 spiro atoms. The lowest BCUT2D eigenvalue weighted by Gasteiger charge is -2.05. The molecule has 1 rings (SSSR count). The molecule has 3 N–H and O–H groups in total. The van der Waals surface area contributed by atoms with Gasteiger partial charge in [-0.1, -0.05) is 0 Å². The Bertz CT molecular complexity index is 368. The first-order valence-electron chi connectivity index (χ1n) is 4.29. The van der Waals surface area contributed by atoms with Crippen LogP contribution >= 0.6 is 0 Å². The van der Waals surface area contributed by atoms with Gasteiger partial charge in [-0.2, -0.15) is 0 Å². The van der Waals surface area contributed by atoms with Gasteiger partial charge in [0.2, 0.25) is 0 Å². The van der Waals surface area contributed by atoms with E-state index >= 15 is 0 Å². The van der Waals surface area contributed by atoms with Gasteiger partial charge in [0, 0.05) is 18.3 Å². The molecule has 5 nitrogen and oxygen atoms in total. The number of ketones is 1. The number of carbonyl (C=O) groups is 1. The zero-order valence-corrected chi connectivity index (χ0v) is 8.97. The van der Waals surface area contributed by atoms with Crippen molar-refractivity contribution >= 4 is 15.6 Å². The fourth-order valence-corrected chi connectivity index (χ4v) is 2.87. The van der Waals surface area contributed by atoms with Crippen molar-refractivity contribution in [3.63, 3.8) is 0 Å². The summed E-state index contributed by atoms with van der Waals surface area (Å²) in [7, 11) is -3.37. The molecule has 0 amide bonds. The van der Waals surface area contributed by atoms with Crippen molar-refractivity contribution in [2.45, 2.75) is 24.5 Å². The lowest BCUT2D eigenvalue weighted by molar-refractivity contribution is -0.114. The molecule has 1 heterocycles. The number of hydrogen-bond donors (Lipinski definition) is 2. The molecule has 0 bridgehead atoms. The summed E-state index contributed by atoms with van der Waals surface area (Å²) in [5.74, 6) is -0.443. The molecule has 0 aromatic carbocycles. The van der Waals surface area contributed by atoms with Crippen molar-refractivity contribution in [3.8, 4) is 0 Å². The van der Waals surface area contributed by atoms with Crippen molar-refractivity contribution in [1.29, 1.82) is 0 Å². The van der Waals surface area contributed by atoms with Gasteiger partial charge in [-0.25, -0.2) is 8.42 Å². The fraction of sp³-hybridized carbons (Fsp3) is 0.625. The number of carbonyl (C=O) groups excluding carboxylic acids is 1. The summed E-state index contributed by atoms with van der Waals surface area (Å²) in [6.45, 7) is 3.25. The minimum absolute atomic E-state index is 0.173. The molecule has 1 fully saturated rings. The van der Waals surface area contributed by atoms with Crippen molar-refractivity contribution in [1.82, 2.24) is 5.32 Å². The molecular weight excluding hydrogens is 204 g/mol. The molecule has 2 atom stereocenters. The molecule has 1 saturated heterocycles. The topological polar surface area (TPSA) is 89.3 Å². The quantitative estimate of drug-likeness (QED) is 0.589. The van der Waals surface area contributed by atoms with Crippen molar-refractivity contribution < 1.29 is 13.2 Å². The Kier molecular flexibility index (Phi) is 2.96. The van der Waals surface area contributed by atoms with E-state index in [1.54, 1.807) is 6.92 Å². The Labute approximate surface area is 83.3 Å². The van der Waals surface area contributed by atoms with E-state index in [0.717, 1.165) is 0 Å². The zero-order valence-electron chi connectivity index (χ0n) is 8.15. The molecule has 14 heavy (non-hydrogen) atoms. The van der Waals surface area contributed by atoms with Gasteiger partial charge < -0.3 is 5.73 Å². The molecule has 0 aliphatic carbocycles. The zero-order chi connectivity index (χ0) is 10.9. The Morgan fingerprint density at radius 1 is 1.57 bits per heavy atom. The smallest absolute Gasteiger partial charge is 0.177 e. The highest BCUT2D eigenvalue weighted by molar-refractivity contribution is 7.93. The maximum atomic E-state index is 11.6.